The molecule has 1 saturated carbocycles. The molecule has 96 valence electrons. The second kappa shape index (κ2) is 5.67. The number of phenolic OH excluding ortho intramolecular Hbond substituents is 1. The van der Waals surface area contributed by atoms with Crippen molar-refractivity contribution in [1.82, 2.24) is 5.32 Å². The highest BCUT2D eigenvalue weighted by Gasteiger charge is 2.23. The van der Waals surface area contributed by atoms with E-state index < -0.39 is 11.7 Å². The van der Waals surface area contributed by atoms with Gasteiger partial charge in [0.25, 0.3) is 11.7 Å². The summed E-state index contributed by atoms with van der Waals surface area (Å²) in [4.78, 5) is 23.7. The van der Waals surface area contributed by atoms with Crippen molar-refractivity contribution in [2.45, 2.75) is 38.1 Å². The SMILES string of the molecule is O=C(NC1CCCCC1)C(=O)c1ccccc1O. The van der Waals surface area contributed by atoms with Crippen LogP contribution in [0.15, 0.2) is 24.3 Å². The molecular weight excluding hydrogens is 230 g/mol. The Morgan fingerprint density at radius 1 is 1.11 bits per heavy atom. The van der Waals surface area contributed by atoms with Gasteiger partial charge in [-0.1, -0.05) is 31.4 Å². The lowest BCUT2D eigenvalue weighted by Crippen LogP contribution is -2.40. The van der Waals surface area contributed by atoms with Crippen molar-refractivity contribution in [2.24, 2.45) is 0 Å². The summed E-state index contributed by atoms with van der Waals surface area (Å²) in [7, 11) is 0. The van der Waals surface area contributed by atoms with Crippen LogP contribution in [0.3, 0.4) is 0 Å². The number of aromatic hydroxyl groups is 1. The molecule has 0 atom stereocenters. The number of benzene rings is 1. The van der Waals surface area contributed by atoms with Crippen molar-refractivity contribution in [3.8, 4) is 5.75 Å². The molecule has 0 saturated heterocycles. The Hall–Kier alpha value is -1.84. The molecule has 1 aromatic rings. The van der Waals surface area contributed by atoms with Crippen molar-refractivity contribution in [2.75, 3.05) is 0 Å². The molecule has 4 nitrogen and oxygen atoms in total. The van der Waals surface area contributed by atoms with Gasteiger partial charge in [0.05, 0.1) is 5.56 Å². The Bertz CT molecular complexity index is 450. The molecule has 0 spiro atoms. The van der Waals surface area contributed by atoms with Crippen molar-refractivity contribution in [1.29, 1.82) is 0 Å². The predicted octanol–water partition coefficient (Wildman–Crippen LogP) is 2.02. The number of hydrogen-bond acceptors (Lipinski definition) is 3. The first kappa shape index (κ1) is 12.6. The maximum atomic E-state index is 11.9. The van der Waals surface area contributed by atoms with Crippen LogP contribution in [-0.4, -0.2) is 22.8 Å². The number of carbonyl (C=O) groups is 2. The fourth-order valence-electron chi connectivity index (χ4n) is 2.29. The lowest BCUT2D eigenvalue weighted by atomic mass is 9.95. The van der Waals surface area contributed by atoms with Crippen LogP contribution in [0, 0.1) is 0 Å². The highest BCUT2D eigenvalue weighted by Crippen LogP contribution is 2.19. The minimum absolute atomic E-state index is 0.0609. The number of hydrogen-bond donors (Lipinski definition) is 2. The summed E-state index contributed by atoms with van der Waals surface area (Å²) in [5.41, 5.74) is 0.0609. The lowest BCUT2D eigenvalue weighted by molar-refractivity contribution is -0.117. The molecule has 4 heteroatoms. The van der Waals surface area contributed by atoms with E-state index in [0.29, 0.717) is 0 Å². The van der Waals surface area contributed by atoms with E-state index in [-0.39, 0.29) is 17.4 Å². The summed E-state index contributed by atoms with van der Waals surface area (Å²) in [5, 5.41) is 12.3. The predicted molar refractivity (Wildman–Crippen MR) is 67.5 cm³/mol. The van der Waals surface area contributed by atoms with Gasteiger partial charge in [-0.05, 0) is 25.0 Å². The Balaban J connectivity index is 2.00. The molecule has 1 amide bonds. The van der Waals surface area contributed by atoms with Gasteiger partial charge < -0.3 is 10.4 Å². The molecular formula is C14H17NO3. The van der Waals surface area contributed by atoms with E-state index in [0.717, 1.165) is 25.7 Å². The Kier molecular flexibility index (Phi) is 3.97. The molecule has 2 rings (SSSR count). The zero-order valence-electron chi connectivity index (χ0n) is 10.2. The summed E-state index contributed by atoms with van der Waals surface area (Å²) in [6.07, 6.45) is 5.24. The minimum Gasteiger partial charge on any atom is -0.507 e. The molecule has 0 aromatic heterocycles. The largest absolute Gasteiger partial charge is 0.507 e. The number of Topliss-reactive ketones (excluding diaryl/α,β-unsaturated/α-hetero) is 1. The van der Waals surface area contributed by atoms with Gasteiger partial charge >= 0.3 is 0 Å². The smallest absolute Gasteiger partial charge is 0.292 e. The van der Waals surface area contributed by atoms with E-state index in [1.807, 2.05) is 0 Å². The maximum Gasteiger partial charge on any atom is 0.292 e. The van der Waals surface area contributed by atoms with Crippen molar-refractivity contribution >= 4 is 11.7 Å². The highest BCUT2D eigenvalue weighted by molar-refractivity contribution is 6.43. The van der Waals surface area contributed by atoms with E-state index in [9.17, 15) is 14.7 Å². The summed E-state index contributed by atoms with van der Waals surface area (Å²) in [5.74, 6) is -1.44. The first-order valence-corrected chi connectivity index (χ1v) is 6.31. The van der Waals surface area contributed by atoms with Crippen molar-refractivity contribution in [3.63, 3.8) is 0 Å². The van der Waals surface area contributed by atoms with Crippen LogP contribution in [0.4, 0.5) is 0 Å². The molecule has 0 unspecified atom stereocenters. The standard InChI is InChI=1S/C14H17NO3/c16-12-9-5-4-8-11(12)13(17)14(18)15-10-6-2-1-3-7-10/h4-5,8-10,16H,1-3,6-7H2,(H,15,18). The van der Waals surface area contributed by atoms with Crippen LogP contribution in [0.1, 0.15) is 42.5 Å². The van der Waals surface area contributed by atoms with Gasteiger partial charge in [0, 0.05) is 6.04 Å². The number of rotatable bonds is 3. The van der Waals surface area contributed by atoms with Gasteiger partial charge in [-0.25, -0.2) is 0 Å². The lowest BCUT2D eigenvalue weighted by Gasteiger charge is -2.22. The highest BCUT2D eigenvalue weighted by atomic mass is 16.3. The van der Waals surface area contributed by atoms with Crippen molar-refractivity contribution in [3.05, 3.63) is 29.8 Å². The van der Waals surface area contributed by atoms with Crippen LogP contribution >= 0.6 is 0 Å². The number of para-hydroxylation sites is 1. The van der Waals surface area contributed by atoms with Crippen LogP contribution in [0.25, 0.3) is 0 Å². The molecule has 0 aliphatic heterocycles. The number of phenols is 1. The van der Waals surface area contributed by atoms with Gasteiger partial charge in [-0.15, -0.1) is 0 Å². The number of ketones is 1. The van der Waals surface area contributed by atoms with E-state index in [1.54, 1.807) is 12.1 Å². The van der Waals surface area contributed by atoms with E-state index in [4.69, 9.17) is 0 Å². The average molecular weight is 247 g/mol. The molecule has 1 aliphatic carbocycles. The van der Waals surface area contributed by atoms with Gasteiger partial charge in [-0.2, -0.15) is 0 Å². The molecule has 2 N–H and O–H groups in total. The molecule has 0 bridgehead atoms. The number of nitrogens with one attached hydrogen (secondary N) is 1. The third-order valence-corrected chi connectivity index (χ3v) is 3.30. The topological polar surface area (TPSA) is 66.4 Å². The summed E-state index contributed by atoms with van der Waals surface area (Å²) in [6, 6.07) is 6.20. The first-order valence-electron chi connectivity index (χ1n) is 6.31. The molecule has 1 aliphatic rings. The normalized spacial score (nSPS) is 16.2. The second-order valence-corrected chi connectivity index (χ2v) is 4.65. The minimum atomic E-state index is -0.668. The van der Waals surface area contributed by atoms with Gasteiger partial charge in [0.1, 0.15) is 5.75 Å². The fourth-order valence-corrected chi connectivity index (χ4v) is 2.29. The maximum absolute atomic E-state index is 11.9. The zero-order chi connectivity index (χ0) is 13.0. The summed E-state index contributed by atoms with van der Waals surface area (Å²) in [6.45, 7) is 0. The number of carbonyl (C=O) groups excluding carboxylic acids is 2. The number of amides is 1. The molecule has 1 aromatic carbocycles. The van der Waals surface area contributed by atoms with E-state index >= 15 is 0 Å². The monoisotopic (exact) mass is 247 g/mol. The Morgan fingerprint density at radius 3 is 2.44 bits per heavy atom. The van der Waals surface area contributed by atoms with Crippen LogP contribution in [0.2, 0.25) is 0 Å². The van der Waals surface area contributed by atoms with Gasteiger partial charge in [-0.3, -0.25) is 9.59 Å². The Labute approximate surface area is 106 Å². The fraction of sp³-hybridized carbons (Fsp3) is 0.429. The van der Waals surface area contributed by atoms with Crippen LogP contribution < -0.4 is 5.32 Å². The second-order valence-electron chi connectivity index (χ2n) is 4.65. The molecule has 0 heterocycles. The van der Waals surface area contributed by atoms with Gasteiger partial charge in [0.2, 0.25) is 0 Å². The third kappa shape index (κ3) is 2.88. The Morgan fingerprint density at radius 2 is 1.78 bits per heavy atom. The van der Waals surface area contributed by atoms with Gasteiger partial charge in [0.15, 0.2) is 0 Å². The van der Waals surface area contributed by atoms with Crippen molar-refractivity contribution < 1.29 is 14.7 Å². The first-order chi connectivity index (χ1) is 8.68. The van der Waals surface area contributed by atoms with Crippen LogP contribution in [0.5, 0.6) is 5.75 Å². The molecule has 0 radical (unpaired) electrons. The van der Waals surface area contributed by atoms with E-state index in [2.05, 4.69) is 5.32 Å². The quantitative estimate of drug-likeness (QED) is 0.634. The van der Waals surface area contributed by atoms with Crippen LogP contribution in [-0.2, 0) is 4.79 Å². The third-order valence-electron chi connectivity index (χ3n) is 3.30. The summed E-state index contributed by atoms with van der Waals surface area (Å²) < 4.78 is 0. The zero-order valence-corrected chi connectivity index (χ0v) is 10.2. The average Bonchev–Trinajstić information content (AvgIpc) is 2.39. The molecule has 1 fully saturated rings. The van der Waals surface area contributed by atoms with E-state index in [1.165, 1.54) is 18.6 Å². The molecule has 18 heavy (non-hydrogen) atoms. The summed E-state index contributed by atoms with van der Waals surface area (Å²) >= 11 is 0.